The number of benzene rings is 2. The third-order valence-corrected chi connectivity index (χ3v) is 4.91. The number of anilines is 1. The van der Waals surface area contributed by atoms with Gasteiger partial charge in [-0.05, 0) is 54.1 Å². The summed E-state index contributed by atoms with van der Waals surface area (Å²) in [6, 6.07) is 13.4. The van der Waals surface area contributed by atoms with Gasteiger partial charge in [-0.15, -0.1) is 0 Å². The van der Waals surface area contributed by atoms with E-state index >= 15 is 0 Å². The SMILES string of the molecule is O=C(Nc1ccc(Cl)cc1)N1CCn2cccc2[C@@H]1c1ccc(F)c(F)c1. The fraction of sp³-hybridized carbons (Fsp3) is 0.150. The molecule has 0 fully saturated rings. The Bertz CT molecular complexity index is 987. The van der Waals surface area contributed by atoms with Gasteiger partial charge >= 0.3 is 6.03 Å². The molecule has 138 valence electrons. The molecular formula is C20H16ClF2N3O. The van der Waals surface area contributed by atoms with Gasteiger partial charge in [-0.3, -0.25) is 0 Å². The number of urea groups is 1. The van der Waals surface area contributed by atoms with Crippen molar-refractivity contribution in [2.45, 2.75) is 12.6 Å². The summed E-state index contributed by atoms with van der Waals surface area (Å²) >= 11 is 5.88. The van der Waals surface area contributed by atoms with E-state index < -0.39 is 17.7 Å². The van der Waals surface area contributed by atoms with E-state index in [2.05, 4.69) is 5.32 Å². The third-order valence-electron chi connectivity index (χ3n) is 4.65. The number of aromatic nitrogens is 1. The maximum atomic E-state index is 13.8. The molecule has 1 aliphatic rings. The standard InChI is InChI=1S/C20H16ClF2N3O/c21-14-4-6-15(7-5-14)24-20(27)26-11-10-25-9-1-2-18(25)19(26)13-3-8-16(22)17(23)12-13/h1-9,12,19H,10-11H2,(H,24,27)/t19-/m0/s1. The number of halogens is 3. The minimum atomic E-state index is -0.936. The predicted octanol–water partition coefficient (Wildman–Crippen LogP) is 5.06. The maximum Gasteiger partial charge on any atom is 0.322 e. The number of carbonyl (C=O) groups excluding carboxylic acids is 1. The van der Waals surface area contributed by atoms with Crippen LogP contribution in [0, 0.1) is 11.6 Å². The normalized spacial score (nSPS) is 16.1. The Labute approximate surface area is 160 Å². The van der Waals surface area contributed by atoms with Crippen molar-refractivity contribution in [3.05, 3.63) is 88.7 Å². The van der Waals surface area contributed by atoms with Crippen molar-refractivity contribution in [3.8, 4) is 0 Å². The summed E-state index contributed by atoms with van der Waals surface area (Å²) in [5.41, 5.74) is 1.97. The Balaban J connectivity index is 1.68. The van der Waals surface area contributed by atoms with Gasteiger partial charge in [-0.25, -0.2) is 13.6 Å². The number of amides is 2. The fourth-order valence-electron chi connectivity index (χ4n) is 3.36. The van der Waals surface area contributed by atoms with Crippen LogP contribution in [-0.2, 0) is 6.54 Å². The van der Waals surface area contributed by atoms with Crippen LogP contribution in [0.5, 0.6) is 0 Å². The van der Waals surface area contributed by atoms with E-state index in [1.807, 2.05) is 22.9 Å². The zero-order valence-electron chi connectivity index (χ0n) is 14.2. The van der Waals surface area contributed by atoms with Gasteiger partial charge < -0.3 is 14.8 Å². The van der Waals surface area contributed by atoms with Crippen LogP contribution in [0.25, 0.3) is 0 Å². The molecule has 27 heavy (non-hydrogen) atoms. The molecule has 1 atom stereocenters. The molecule has 1 aliphatic heterocycles. The smallest absolute Gasteiger partial charge is 0.322 e. The van der Waals surface area contributed by atoms with Crippen LogP contribution in [0.1, 0.15) is 17.3 Å². The average Bonchev–Trinajstić information content (AvgIpc) is 3.14. The summed E-state index contributed by atoms with van der Waals surface area (Å²) in [5.74, 6) is -1.85. The van der Waals surface area contributed by atoms with E-state index in [9.17, 15) is 13.6 Å². The first-order valence-corrected chi connectivity index (χ1v) is 8.84. The van der Waals surface area contributed by atoms with Gasteiger partial charge in [-0.1, -0.05) is 17.7 Å². The maximum absolute atomic E-state index is 13.8. The van der Waals surface area contributed by atoms with Crippen molar-refractivity contribution in [1.29, 1.82) is 0 Å². The second-order valence-corrected chi connectivity index (χ2v) is 6.77. The molecule has 0 radical (unpaired) electrons. The highest BCUT2D eigenvalue weighted by Gasteiger charge is 2.32. The number of nitrogens with one attached hydrogen (secondary N) is 1. The molecule has 1 N–H and O–H groups in total. The first-order valence-electron chi connectivity index (χ1n) is 8.46. The molecule has 2 aromatic carbocycles. The van der Waals surface area contributed by atoms with Gasteiger partial charge in [0, 0.05) is 35.7 Å². The molecule has 2 amide bonds. The topological polar surface area (TPSA) is 37.3 Å². The van der Waals surface area contributed by atoms with Crippen molar-refractivity contribution >= 4 is 23.3 Å². The fourth-order valence-corrected chi connectivity index (χ4v) is 3.49. The molecule has 0 spiro atoms. The Morgan fingerprint density at radius 1 is 1.04 bits per heavy atom. The summed E-state index contributed by atoms with van der Waals surface area (Å²) < 4.78 is 29.2. The first-order chi connectivity index (χ1) is 13.0. The Kier molecular flexibility index (Phi) is 4.58. The monoisotopic (exact) mass is 387 g/mol. The summed E-state index contributed by atoms with van der Waals surface area (Å²) in [4.78, 5) is 14.5. The van der Waals surface area contributed by atoms with Gasteiger partial charge in [-0.2, -0.15) is 0 Å². The lowest BCUT2D eigenvalue weighted by Gasteiger charge is -2.37. The number of rotatable bonds is 2. The molecule has 0 aliphatic carbocycles. The highest BCUT2D eigenvalue weighted by Crippen LogP contribution is 2.33. The van der Waals surface area contributed by atoms with E-state index in [-0.39, 0.29) is 6.03 Å². The zero-order chi connectivity index (χ0) is 19.0. The number of hydrogen-bond acceptors (Lipinski definition) is 1. The lowest BCUT2D eigenvalue weighted by atomic mass is 10.00. The molecule has 0 saturated carbocycles. The van der Waals surface area contributed by atoms with E-state index in [4.69, 9.17) is 11.6 Å². The summed E-state index contributed by atoms with van der Waals surface area (Å²) in [6.45, 7) is 1.06. The Morgan fingerprint density at radius 2 is 1.81 bits per heavy atom. The van der Waals surface area contributed by atoms with Crippen molar-refractivity contribution in [2.24, 2.45) is 0 Å². The van der Waals surface area contributed by atoms with Crippen molar-refractivity contribution < 1.29 is 13.6 Å². The largest absolute Gasteiger partial charge is 0.348 e. The molecule has 4 nitrogen and oxygen atoms in total. The van der Waals surface area contributed by atoms with Crippen LogP contribution >= 0.6 is 11.6 Å². The second-order valence-electron chi connectivity index (χ2n) is 6.33. The number of hydrogen-bond donors (Lipinski definition) is 1. The summed E-state index contributed by atoms with van der Waals surface area (Å²) in [5, 5.41) is 3.41. The van der Waals surface area contributed by atoms with Crippen LogP contribution in [0.4, 0.5) is 19.3 Å². The molecule has 0 bridgehead atoms. The molecule has 7 heteroatoms. The lowest BCUT2D eigenvalue weighted by Crippen LogP contribution is -2.44. The van der Waals surface area contributed by atoms with E-state index in [0.717, 1.165) is 17.8 Å². The second kappa shape index (κ2) is 7.04. The van der Waals surface area contributed by atoms with Gasteiger partial charge in [0.05, 0.1) is 6.04 Å². The van der Waals surface area contributed by atoms with E-state index in [1.165, 1.54) is 6.07 Å². The quantitative estimate of drug-likeness (QED) is 0.656. The van der Waals surface area contributed by atoms with Crippen molar-refractivity contribution in [3.63, 3.8) is 0 Å². The highest BCUT2D eigenvalue weighted by molar-refractivity contribution is 6.30. The molecule has 2 heterocycles. The molecule has 4 rings (SSSR count). The lowest BCUT2D eigenvalue weighted by molar-refractivity contribution is 0.181. The first kappa shape index (κ1) is 17.5. The van der Waals surface area contributed by atoms with E-state index in [0.29, 0.717) is 29.4 Å². The van der Waals surface area contributed by atoms with Crippen LogP contribution in [-0.4, -0.2) is 22.0 Å². The van der Waals surface area contributed by atoms with Crippen LogP contribution < -0.4 is 5.32 Å². The van der Waals surface area contributed by atoms with Crippen molar-refractivity contribution in [1.82, 2.24) is 9.47 Å². The van der Waals surface area contributed by atoms with Gasteiger partial charge in [0.1, 0.15) is 0 Å². The minimum absolute atomic E-state index is 0.320. The van der Waals surface area contributed by atoms with Crippen molar-refractivity contribution in [2.75, 3.05) is 11.9 Å². The summed E-state index contributed by atoms with van der Waals surface area (Å²) in [6.07, 6.45) is 1.91. The number of nitrogens with zero attached hydrogens (tertiary/aromatic N) is 2. The number of fused-ring (bicyclic) bond motifs is 1. The molecule has 0 saturated heterocycles. The minimum Gasteiger partial charge on any atom is -0.348 e. The molecule has 3 aromatic rings. The van der Waals surface area contributed by atoms with Gasteiger partial charge in [0.15, 0.2) is 11.6 Å². The molecule has 0 unspecified atom stereocenters. The van der Waals surface area contributed by atoms with E-state index in [1.54, 1.807) is 29.2 Å². The van der Waals surface area contributed by atoms with Crippen LogP contribution in [0.3, 0.4) is 0 Å². The molecular weight excluding hydrogens is 372 g/mol. The average molecular weight is 388 g/mol. The Hall–Kier alpha value is -2.86. The Morgan fingerprint density at radius 3 is 2.56 bits per heavy atom. The van der Waals surface area contributed by atoms with Gasteiger partial charge in [0.2, 0.25) is 0 Å². The number of carbonyl (C=O) groups is 1. The van der Waals surface area contributed by atoms with Gasteiger partial charge in [0.25, 0.3) is 0 Å². The van der Waals surface area contributed by atoms with Crippen LogP contribution in [0.15, 0.2) is 60.8 Å². The highest BCUT2D eigenvalue weighted by atomic mass is 35.5. The third kappa shape index (κ3) is 3.40. The van der Waals surface area contributed by atoms with Crippen LogP contribution in [0.2, 0.25) is 5.02 Å². The zero-order valence-corrected chi connectivity index (χ0v) is 15.0. The molecule has 1 aromatic heterocycles. The predicted molar refractivity (Wildman–Crippen MR) is 99.8 cm³/mol. The summed E-state index contributed by atoms with van der Waals surface area (Å²) in [7, 11) is 0.